The number of halogens is 1. The number of alkyl halides is 1. The first-order valence-corrected chi connectivity index (χ1v) is 9.66. The van der Waals surface area contributed by atoms with Gasteiger partial charge in [-0.15, -0.1) is 11.6 Å². The van der Waals surface area contributed by atoms with Gasteiger partial charge in [-0.2, -0.15) is 4.57 Å². The fourth-order valence-corrected chi connectivity index (χ4v) is 3.99. The molecule has 10 nitrogen and oxygen atoms in total. The molecule has 1 aromatic heterocycles. The van der Waals surface area contributed by atoms with E-state index >= 15 is 0 Å². The summed E-state index contributed by atoms with van der Waals surface area (Å²) < 4.78 is 7.41. The molecule has 11 heteroatoms. The number of nitro benzene ring substituents is 1. The molecule has 0 bridgehead atoms. The van der Waals surface area contributed by atoms with Crippen molar-refractivity contribution in [3.05, 3.63) is 73.0 Å². The van der Waals surface area contributed by atoms with Gasteiger partial charge >= 0.3 is 5.69 Å². The number of aliphatic hydroxyl groups excluding tert-OH is 1. The van der Waals surface area contributed by atoms with Gasteiger partial charge in [-0.05, 0) is 18.6 Å². The van der Waals surface area contributed by atoms with Crippen LogP contribution in [0.5, 0.6) is 0 Å². The molecule has 30 heavy (non-hydrogen) atoms. The number of non-ortho nitro benzene ring substituents is 1. The molecule has 0 radical (unpaired) electrons. The Kier molecular flexibility index (Phi) is 5.93. The second-order valence-electron chi connectivity index (χ2n) is 7.11. The summed E-state index contributed by atoms with van der Waals surface area (Å²) in [5, 5.41) is 19.9. The lowest BCUT2D eigenvalue weighted by Gasteiger charge is -2.29. The molecule has 3 rings (SSSR count). The van der Waals surface area contributed by atoms with E-state index in [0.717, 1.165) is 34.9 Å². The number of ether oxygens (including phenoxy) is 1. The summed E-state index contributed by atoms with van der Waals surface area (Å²) in [6.07, 6.45) is 0.637. The number of hydrogen-bond acceptors (Lipinski definition) is 7. The van der Waals surface area contributed by atoms with Gasteiger partial charge in [0.2, 0.25) is 0 Å². The molecule has 1 N–H and O–H groups in total. The Labute approximate surface area is 175 Å². The van der Waals surface area contributed by atoms with Crippen LogP contribution >= 0.6 is 11.6 Å². The Bertz CT molecular complexity index is 1090. The van der Waals surface area contributed by atoms with Crippen LogP contribution < -0.4 is 11.2 Å². The van der Waals surface area contributed by atoms with Crippen molar-refractivity contribution in [1.29, 1.82) is 0 Å². The number of nitrogens with zero attached hydrogens (tertiary/aromatic N) is 3. The van der Waals surface area contributed by atoms with Crippen LogP contribution in [-0.4, -0.2) is 42.7 Å². The lowest BCUT2D eigenvalue weighted by Crippen LogP contribution is -2.45. The number of aromatic nitrogens is 2. The van der Waals surface area contributed by atoms with Gasteiger partial charge in [0.1, 0.15) is 0 Å². The van der Waals surface area contributed by atoms with E-state index in [-0.39, 0.29) is 23.8 Å². The van der Waals surface area contributed by atoms with E-state index in [4.69, 9.17) is 16.3 Å². The van der Waals surface area contributed by atoms with Gasteiger partial charge in [-0.3, -0.25) is 24.3 Å². The Morgan fingerprint density at radius 2 is 1.93 bits per heavy atom. The summed E-state index contributed by atoms with van der Waals surface area (Å²) in [6.45, 7) is 3.31. The maximum absolute atomic E-state index is 13.0. The third-order valence-electron chi connectivity index (χ3n) is 5.61. The topological polar surface area (TPSA) is 134 Å². The van der Waals surface area contributed by atoms with Crippen LogP contribution in [0, 0.1) is 16.0 Å². The van der Waals surface area contributed by atoms with E-state index in [1.165, 1.54) is 6.20 Å². The van der Waals surface area contributed by atoms with Gasteiger partial charge in [0.25, 0.3) is 17.2 Å². The number of carbonyl (C=O) groups excluding carboxylic acids is 1. The molecule has 1 fully saturated rings. The molecule has 0 spiro atoms. The molecule has 1 aromatic carbocycles. The van der Waals surface area contributed by atoms with Crippen LogP contribution in [0.25, 0.3) is 0 Å². The molecule has 160 valence electrons. The predicted molar refractivity (Wildman–Crippen MR) is 107 cm³/mol. The summed E-state index contributed by atoms with van der Waals surface area (Å²) >= 11 is 6.48. The minimum Gasteiger partial charge on any atom is -0.393 e. The zero-order valence-corrected chi connectivity index (χ0v) is 17.0. The van der Waals surface area contributed by atoms with Gasteiger partial charge in [-0.1, -0.05) is 13.8 Å². The number of hydrogen-bond donors (Lipinski definition) is 1. The Morgan fingerprint density at radius 3 is 2.43 bits per heavy atom. The number of carbonyl (C=O) groups is 1. The summed E-state index contributed by atoms with van der Waals surface area (Å²) in [5.41, 5.74) is -3.08. The minimum atomic E-state index is -1.00. The van der Waals surface area contributed by atoms with Crippen LogP contribution in [0.2, 0.25) is 0 Å². The first-order chi connectivity index (χ1) is 14.2. The van der Waals surface area contributed by atoms with Crippen LogP contribution in [0.4, 0.5) is 5.69 Å². The van der Waals surface area contributed by atoms with Crippen LogP contribution in [0.3, 0.4) is 0 Å². The van der Waals surface area contributed by atoms with Crippen molar-refractivity contribution in [3.63, 3.8) is 0 Å². The molecule has 0 amide bonds. The fourth-order valence-electron chi connectivity index (χ4n) is 3.59. The highest BCUT2D eigenvalue weighted by atomic mass is 35.5. The lowest BCUT2D eigenvalue weighted by atomic mass is 9.87. The highest BCUT2D eigenvalue weighted by Gasteiger charge is 2.51. The van der Waals surface area contributed by atoms with Crippen LogP contribution in [0.15, 0.2) is 46.1 Å². The van der Waals surface area contributed by atoms with E-state index in [1.807, 2.05) is 6.92 Å². The summed E-state index contributed by atoms with van der Waals surface area (Å²) in [7, 11) is 0. The molecule has 2 heterocycles. The monoisotopic (exact) mass is 437 g/mol. The average molecular weight is 438 g/mol. The predicted octanol–water partition coefficient (Wildman–Crippen LogP) is 1.52. The van der Waals surface area contributed by atoms with Crippen molar-refractivity contribution >= 4 is 23.2 Å². The third kappa shape index (κ3) is 3.47. The minimum absolute atomic E-state index is 0.0704. The van der Waals surface area contributed by atoms with Crippen molar-refractivity contribution in [1.82, 2.24) is 9.13 Å². The standard InChI is InChI=1S/C19H20ClN3O7/c1-3-19(10-24)11(2)15(20)17(30-19)21-9-8-14(25)22(18(21)27)16(26)12-4-6-13(7-5-12)23(28)29/h4-9,11,15,17,24H,3,10H2,1-2H3/t11-,15+,17+,19-/m0/s1. The molecule has 0 aliphatic carbocycles. The summed E-state index contributed by atoms with van der Waals surface area (Å²) in [5.74, 6) is -1.24. The quantitative estimate of drug-likeness (QED) is 0.425. The highest BCUT2D eigenvalue weighted by Crippen LogP contribution is 2.45. The maximum atomic E-state index is 13.0. The average Bonchev–Trinajstić information content (AvgIpc) is 2.99. The summed E-state index contributed by atoms with van der Waals surface area (Å²) in [4.78, 5) is 48.2. The molecular formula is C19H20ClN3O7. The normalized spacial score (nSPS) is 25.9. The maximum Gasteiger partial charge on any atom is 0.340 e. The van der Waals surface area contributed by atoms with Crippen LogP contribution in [-0.2, 0) is 4.74 Å². The summed E-state index contributed by atoms with van der Waals surface area (Å²) in [6, 6.07) is 5.57. The van der Waals surface area contributed by atoms with E-state index in [1.54, 1.807) is 6.92 Å². The van der Waals surface area contributed by atoms with Gasteiger partial charge in [0, 0.05) is 35.9 Å². The van der Waals surface area contributed by atoms with Crippen molar-refractivity contribution in [2.75, 3.05) is 6.61 Å². The van der Waals surface area contributed by atoms with Crippen molar-refractivity contribution in [3.8, 4) is 0 Å². The van der Waals surface area contributed by atoms with Crippen molar-refractivity contribution in [2.45, 2.75) is 37.5 Å². The second kappa shape index (κ2) is 8.13. The highest BCUT2D eigenvalue weighted by molar-refractivity contribution is 6.21. The van der Waals surface area contributed by atoms with Crippen molar-refractivity contribution < 1.29 is 19.6 Å². The second-order valence-corrected chi connectivity index (χ2v) is 7.61. The zero-order chi connectivity index (χ0) is 22.2. The SMILES string of the molecule is CC[C@@]1(CO)O[C@@H](n2ccc(=O)n(C(=O)c3ccc([N+](=O)[O-])cc3)c2=O)[C@H](Cl)[C@@H]1C. The van der Waals surface area contributed by atoms with Gasteiger partial charge in [0.15, 0.2) is 6.23 Å². The van der Waals surface area contributed by atoms with Gasteiger partial charge in [-0.25, -0.2) is 4.79 Å². The van der Waals surface area contributed by atoms with E-state index in [9.17, 15) is 29.6 Å². The van der Waals surface area contributed by atoms with E-state index in [2.05, 4.69) is 0 Å². The number of aliphatic hydroxyl groups is 1. The van der Waals surface area contributed by atoms with Crippen LogP contribution in [0.1, 0.15) is 36.9 Å². The van der Waals surface area contributed by atoms with Gasteiger partial charge in [0.05, 0.1) is 22.5 Å². The zero-order valence-electron chi connectivity index (χ0n) is 16.2. The van der Waals surface area contributed by atoms with E-state index < -0.39 is 39.3 Å². The molecule has 2 aromatic rings. The molecule has 1 saturated heterocycles. The molecule has 1 aliphatic heterocycles. The fraction of sp³-hybridized carbons (Fsp3) is 0.421. The lowest BCUT2D eigenvalue weighted by molar-refractivity contribution is -0.384. The first kappa shape index (κ1) is 21.9. The van der Waals surface area contributed by atoms with E-state index in [0.29, 0.717) is 11.0 Å². The largest absolute Gasteiger partial charge is 0.393 e. The van der Waals surface area contributed by atoms with Gasteiger partial charge < -0.3 is 9.84 Å². The van der Waals surface area contributed by atoms with Crippen molar-refractivity contribution in [2.24, 2.45) is 5.92 Å². The Balaban J connectivity index is 2.05. The number of nitro groups is 1. The molecule has 4 atom stereocenters. The molecule has 1 aliphatic rings. The Morgan fingerprint density at radius 1 is 1.30 bits per heavy atom. The molecular weight excluding hydrogens is 418 g/mol. The number of benzene rings is 1. The third-order valence-corrected chi connectivity index (χ3v) is 6.21. The Hall–Kier alpha value is -2.82. The number of rotatable bonds is 5. The molecule has 0 saturated carbocycles. The smallest absolute Gasteiger partial charge is 0.340 e. The molecule has 0 unspecified atom stereocenters. The first-order valence-electron chi connectivity index (χ1n) is 9.23.